The maximum atomic E-state index is 12.7. The van der Waals surface area contributed by atoms with Gasteiger partial charge < -0.3 is 10.4 Å². The summed E-state index contributed by atoms with van der Waals surface area (Å²) in [7, 11) is 0. The molecule has 0 radical (unpaired) electrons. The summed E-state index contributed by atoms with van der Waals surface area (Å²) >= 11 is 0. The van der Waals surface area contributed by atoms with Gasteiger partial charge in [-0.05, 0) is 49.4 Å². The highest BCUT2D eigenvalue weighted by Crippen LogP contribution is 2.25. The van der Waals surface area contributed by atoms with Crippen molar-refractivity contribution in [3.05, 3.63) is 65.0 Å². The molecule has 0 bridgehead atoms. The van der Waals surface area contributed by atoms with E-state index < -0.39 is 0 Å². The molecule has 0 aliphatic carbocycles. The lowest BCUT2D eigenvalue weighted by atomic mass is 9.94. The summed E-state index contributed by atoms with van der Waals surface area (Å²) in [5.74, 6) is -0.00443. The average Bonchev–Trinajstić information content (AvgIpc) is 2.63. The molecule has 2 aromatic rings. The van der Waals surface area contributed by atoms with Crippen LogP contribution in [0.25, 0.3) is 0 Å². The first kappa shape index (κ1) is 18.5. The Balaban J connectivity index is 1.77. The van der Waals surface area contributed by atoms with Gasteiger partial charge in [0, 0.05) is 25.5 Å². The number of benzene rings is 1. The Bertz CT molecular complexity index is 740. The van der Waals surface area contributed by atoms with Crippen LogP contribution < -0.4 is 5.32 Å². The highest BCUT2D eigenvalue weighted by atomic mass is 16.3. The molecule has 1 aromatic carbocycles. The van der Waals surface area contributed by atoms with Gasteiger partial charge in [0.1, 0.15) is 0 Å². The highest BCUT2D eigenvalue weighted by Gasteiger charge is 2.22. The molecule has 1 amide bonds. The summed E-state index contributed by atoms with van der Waals surface area (Å²) in [4.78, 5) is 19.0. The number of carbonyl (C=O) groups excluding carboxylic acids is 1. The minimum atomic E-state index is -0.229. The molecule has 1 aliphatic rings. The molecule has 3 rings (SSSR count). The molecular formula is C21H27N3O2. The fourth-order valence-corrected chi connectivity index (χ4v) is 3.52. The number of aromatic nitrogens is 1. The van der Waals surface area contributed by atoms with Crippen molar-refractivity contribution in [2.75, 3.05) is 19.6 Å². The van der Waals surface area contributed by atoms with E-state index in [0.717, 1.165) is 42.6 Å². The van der Waals surface area contributed by atoms with Gasteiger partial charge in [-0.25, -0.2) is 0 Å². The Morgan fingerprint density at radius 1 is 1.31 bits per heavy atom. The molecule has 1 fully saturated rings. The topological polar surface area (TPSA) is 65.5 Å². The van der Waals surface area contributed by atoms with Gasteiger partial charge in [-0.1, -0.05) is 29.8 Å². The van der Waals surface area contributed by atoms with Crippen LogP contribution in [0.1, 0.15) is 41.1 Å². The Labute approximate surface area is 155 Å². The molecule has 2 heterocycles. The van der Waals surface area contributed by atoms with Crippen LogP contribution in [0.3, 0.4) is 0 Å². The van der Waals surface area contributed by atoms with E-state index in [4.69, 9.17) is 0 Å². The molecule has 5 nitrogen and oxygen atoms in total. The van der Waals surface area contributed by atoms with E-state index in [1.165, 1.54) is 5.56 Å². The fraction of sp³-hybridized carbons (Fsp3) is 0.429. The van der Waals surface area contributed by atoms with Crippen LogP contribution in [0, 0.1) is 13.8 Å². The molecule has 5 heteroatoms. The smallest absolute Gasteiger partial charge is 0.234 e. The minimum Gasteiger partial charge on any atom is -0.393 e. The van der Waals surface area contributed by atoms with E-state index in [1.807, 2.05) is 18.3 Å². The lowest BCUT2D eigenvalue weighted by molar-refractivity contribution is -0.123. The molecule has 1 atom stereocenters. The monoisotopic (exact) mass is 353 g/mol. The predicted molar refractivity (Wildman–Crippen MR) is 102 cm³/mol. The minimum absolute atomic E-state index is 0.00443. The number of piperidine rings is 1. The van der Waals surface area contributed by atoms with Crippen LogP contribution in [-0.4, -0.2) is 46.6 Å². The Morgan fingerprint density at radius 3 is 2.73 bits per heavy atom. The van der Waals surface area contributed by atoms with Gasteiger partial charge >= 0.3 is 0 Å². The van der Waals surface area contributed by atoms with E-state index >= 15 is 0 Å². The molecule has 0 saturated carbocycles. The van der Waals surface area contributed by atoms with E-state index in [2.05, 4.69) is 47.2 Å². The zero-order valence-electron chi connectivity index (χ0n) is 15.5. The molecule has 1 aromatic heterocycles. The van der Waals surface area contributed by atoms with Crippen LogP contribution in [-0.2, 0) is 4.79 Å². The van der Waals surface area contributed by atoms with Crippen molar-refractivity contribution in [2.45, 2.75) is 38.8 Å². The fourth-order valence-electron chi connectivity index (χ4n) is 3.52. The summed E-state index contributed by atoms with van der Waals surface area (Å²) < 4.78 is 0. The lowest BCUT2D eigenvalue weighted by Crippen LogP contribution is -2.43. The number of aliphatic hydroxyl groups excluding tert-OH is 1. The molecule has 0 unspecified atom stereocenters. The lowest BCUT2D eigenvalue weighted by Gasteiger charge is -2.30. The van der Waals surface area contributed by atoms with Crippen molar-refractivity contribution in [3.8, 4) is 0 Å². The van der Waals surface area contributed by atoms with Crippen LogP contribution in [0.2, 0.25) is 0 Å². The molecule has 26 heavy (non-hydrogen) atoms. The molecule has 138 valence electrons. The largest absolute Gasteiger partial charge is 0.393 e. The number of aryl methyl sites for hydroxylation is 2. The number of likely N-dealkylation sites (tertiary alicyclic amines) is 1. The SMILES string of the molecule is Cc1ccc([C@H](NC(=O)CN2CCC(O)CC2)c2cccnc2)c(C)c1. The van der Waals surface area contributed by atoms with Gasteiger partial charge in [-0.15, -0.1) is 0 Å². The van der Waals surface area contributed by atoms with Crippen molar-refractivity contribution in [1.29, 1.82) is 0 Å². The Kier molecular flexibility index (Phi) is 6.01. The van der Waals surface area contributed by atoms with E-state index in [0.29, 0.717) is 6.54 Å². The van der Waals surface area contributed by atoms with E-state index in [9.17, 15) is 9.90 Å². The number of nitrogens with one attached hydrogen (secondary N) is 1. The first-order valence-electron chi connectivity index (χ1n) is 9.20. The second-order valence-electron chi connectivity index (χ2n) is 7.15. The average molecular weight is 353 g/mol. The Morgan fingerprint density at radius 2 is 2.08 bits per heavy atom. The number of hydrogen-bond donors (Lipinski definition) is 2. The molecule has 2 N–H and O–H groups in total. The maximum Gasteiger partial charge on any atom is 0.234 e. The quantitative estimate of drug-likeness (QED) is 0.866. The van der Waals surface area contributed by atoms with Crippen LogP contribution in [0.5, 0.6) is 0 Å². The van der Waals surface area contributed by atoms with Gasteiger partial charge in [0.15, 0.2) is 0 Å². The number of rotatable bonds is 5. The summed E-state index contributed by atoms with van der Waals surface area (Å²) in [6.07, 6.45) is 4.78. The number of pyridine rings is 1. The second-order valence-corrected chi connectivity index (χ2v) is 7.15. The van der Waals surface area contributed by atoms with Crippen LogP contribution in [0.4, 0.5) is 0 Å². The summed E-state index contributed by atoms with van der Waals surface area (Å²) in [5, 5.41) is 12.8. The van der Waals surface area contributed by atoms with Gasteiger partial charge in [0.25, 0.3) is 0 Å². The van der Waals surface area contributed by atoms with Crippen molar-refractivity contribution < 1.29 is 9.90 Å². The second kappa shape index (κ2) is 8.43. The predicted octanol–water partition coefficient (Wildman–Crippen LogP) is 2.36. The van der Waals surface area contributed by atoms with Gasteiger partial charge in [0.05, 0.1) is 18.7 Å². The molecule has 1 aliphatic heterocycles. The number of amides is 1. The van der Waals surface area contributed by atoms with Crippen LogP contribution >= 0.6 is 0 Å². The number of carbonyl (C=O) groups is 1. The highest BCUT2D eigenvalue weighted by molar-refractivity contribution is 5.79. The first-order valence-corrected chi connectivity index (χ1v) is 9.20. The van der Waals surface area contributed by atoms with Gasteiger partial charge in [0.2, 0.25) is 5.91 Å². The molecule has 0 spiro atoms. The van der Waals surface area contributed by atoms with Gasteiger partial charge in [-0.3, -0.25) is 14.7 Å². The number of aliphatic hydroxyl groups is 1. The van der Waals surface area contributed by atoms with E-state index in [-0.39, 0.29) is 18.1 Å². The summed E-state index contributed by atoms with van der Waals surface area (Å²) in [6.45, 7) is 6.02. The molecular weight excluding hydrogens is 326 g/mol. The third-order valence-electron chi connectivity index (χ3n) is 4.98. The van der Waals surface area contributed by atoms with Crippen molar-refractivity contribution >= 4 is 5.91 Å². The zero-order valence-corrected chi connectivity index (χ0v) is 15.5. The third-order valence-corrected chi connectivity index (χ3v) is 4.98. The molecule has 1 saturated heterocycles. The first-order chi connectivity index (χ1) is 12.5. The van der Waals surface area contributed by atoms with Crippen molar-refractivity contribution in [2.24, 2.45) is 0 Å². The standard InChI is InChI=1S/C21H27N3O2/c1-15-5-6-19(16(2)12-15)21(17-4-3-9-22-13-17)23-20(26)14-24-10-7-18(25)8-11-24/h3-6,9,12-13,18,21,25H,7-8,10-11,14H2,1-2H3,(H,23,26)/t21-/m1/s1. The van der Waals surface area contributed by atoms with E-state index in [1.54, 1.807) is 6.20 Å². The van der Waals surface area contributed by atoms with Gasteiger partial charge in [-0.2, -0.15) is 0 Å². The summed E-state index contributed by atoms with van der Waals surface area (Å²) in [6, 6.07) is 9.96. The van der Waals surface area contributed by atoms with Crippen LogP contribution in [0.15, 0.2) is 42.7 Å². The van der Waals surface area contributed by atoms with Crippen molar-refractivity contribution in [1.82, 2.24) is 15.2 Å². The number of nitrogens with zero attached hydrogens (tertiary/aromatic N) is 2. The third kappa shape index (κ3) is 4.68. The van der Waals surface area contributed by atoms with Crippen molar-refractivity contribution in [3.63, 3.8) is 0 Å². The zero-order chi connectivity index (χ0) is 18.5. The normalized spacial score (nSPS) is 17.0. The number of hydrogen-bond acceptors (Lipinski definition) is 4. The Hall–Kier alpha value is -2.24. The maximum absolute atomic E-state index is 12.7. The summed E-state index contributed by atoms with van der Waals surface area (Å²) in [5.41, 5.74) is 4.42.